The molecule has 4 aliphatic carbocycles. The number of thiophene rings is 1. The monoisotopic (exact) mass is 796 g/mol. The number of hydrogen-bond acceptors (Lipinski definition) is 1. The molecular formula is C46H52Cl2SZr-2. The quantitative estimate of drug-likeness (QED) is 0.211. The molecule has 0 N–H and O–H groups in total. The minimum Gasteiger partial charge on any atom is -0.201 e. The molecule has 3 aromatic carbocycles. The molecule has 7 unspecified atom stereocenters. The molecule has 7 atom stereocenters. The third-order valence-corrected chi connectivity index (χ3v) is 14.4. The maximum atomic E-state index is 2.63. The predicted molar refractivity (Wildman–Crippen MR) is 206 cm³/mol. The Hall–Kier alpha value is -2.09. The van der Waals surface area contributed by atoms with Crippen LogP contribution in [0.15, 0.2) is 125 Å². The van der Waals surface area contributed by atoms with Crippen LogP contribution in [0.2, 0.25) is 0 Å². The molecule has 4 aliphatic rings. The number of benzene rings is 2. The normalized spacial score (nSPS) is 28.7. The second-order valence-corrected chi connectivity index (χ2v) is 16.9. The first-order chi connectivity index (χ1) is 23.0. The SMILES string of the molecule is C[C-]1C2=C3Cc4ccccc4C3=C3C=CC(C)C(C)C3(C)C2(C)C(C)C(C)C1C.[Cl-].[Cl-].[Zr+2]=[CH]Cc1ccccc1.c1cc[c-](-c2ccsc2)c1. The maximum Gasteiger partial charge on any atom is -0.0501 e. The van der Waals surface area contributed by atoms with Crippen molar-refractivity contribution < 1.29 is 49.0 Å². The fraction of sp³-hybridized carbons (Fsp3) is 0.370. The van der Waals surface area contributed by atoms with Crippen molar-refractivity contribution in [2.45, 2.75) is 68.2 Å². The van der Waals surface area contributed by atoms with Gasteiger partial charge in [-0.15, -0.1) is 30.7 Å². The van der Waals surface area contributed by atoms with Gasteiger partial charge < -0.3 is 24.8 Å². The number of fused-ring (bicyclic) bond motifs is 6. The first-order valence-corrected chi connectivity index (χ1v) is 20.3. The van der Waals surface area contributed by atoms with Crippen LogP contribution in [0.4, 0.5) is 0 Å². The van der Waals surface area contributed by atoms with Gasteiger partial charge >= 0.3 is 70.3 Å². The summed E-state index contributed by atoms with van der Waals surface area (Å²) in [6, 6.07) is 30.2. The van der Waals surface area contributed by atoms with Gasteiger partial charge in [-0.2, -0.15) is 23.3 Å². The molecule has 8 rings (SSSR count). The van der Waals surface area contributed by atoms with Gasteiger partial charge in [0, 0.05) is 5.41 Å². The van der Waals surface area contributed by atoms with E-state index in [4.69, 9.17) is 0 Å². The van der Waals surface area contributed by atoms with Crippen LogP contribution in [0.3, 0.4) is 0 Å². The van der Waals surface area contributed by atoms with E-state index in [-0.39, 0.29) is 35.6 Å². The van der Waals surface area contributed by atoms with Gasteiger partial charge in [0.05, 0.1) is 0 Å². The molecule has 0 amide bonds. The summed E-state index contributed by atoms with van der Waals surface area (Å²) in [6.07, 6.45) is 7.24. The Balaban J connectivity index is 0.000000219. The van der Waals surface area contributed by atoms with E-state index in [1.54, 1.807) is 39.5 Å². The fourth-order valence-corrected chi connectivity index (χ4v) is 10.8. The standard InChI is InChI=1S/C29H37.C9H7S.C8H8.2ClH.Zr/c1-16-13-14-25-26-23-12-10-9-11-22(23)15-24(26)27-19(4)17(2)18(3)21(6)29(27,8)28(25,7)20(16)5;1-2-4-8(3-1)9-5-6-10-7-9;1-2-8-6-4-3-5-7-8;;;/h9-14,16-18,20-21H,15H2,1-8H3;1-7H;1,3-7H,2H2;2*1H;/q2*-1;;;;+2/p-2. The molecule has 0 spiro atoms. The van der Waals surface area contributed by atoms with Crippen molar-refractivity contribution in [1.29, 1.82) is 0 Å². The summed E-state index contributed by atoms with van der Waals surface area (Å²) >= 11 is 3.25. The molecule has 0 aliphatic heterocycles. The van der Waals surface area contributed by atoms with Crippen LogP contribution in [-0.4, -0.2) is 3.71 Å². The molecule has 4 heteroatoms. The second-order valence-electron chi connectivity index (χ2n) is 15.1. The van der Waals surface area contributed by atoms with Crippen LogP contribution < -0.4 is 24.8 Å². The van der Waals surface area contributed by atoms with Crippen molar-refractivity contribution in [3.8, 4) is 11.1 Å². The van der Waals surface area contributed by atoms with E-state index in [1.165, 1.54) is 52.1 Å². The van der Waals surface area contributed by atoms with Crippen molar-refractivity contribution >= 4 is 20.6 Å². The van der Waals surface area contributed by atoms with Crippen molar-refractivity contribution in [1.82, 2.24) is 0 Å². The van der Waals surface area contributed by atoms with E-state index in [2.05, 4.69) is 161 Å². The zero-order chi connectivity index (χ0) is 34.2. The zero-order valence-electron chi connectivity index (χ0n) is 30.9. The number of allylic oxidation sites excluding steroid dienone is 6. The van der Waals surface area contributed by atoms with Gasteiger partial charge in [0.25, 0.3) is 0 Å². The Morgan fingerprint density at radius 2 is 1.50 bits per heavy atom. The molecule has 4 aromatic rings. The van der Waals surface area contributed by atoms with Gasteiger partial charge in [0.15, 0.2) is 0 Å². The van der Waals surface area contributed by atoms with Gasteiger partial charge in [-0.3, -0.25) is 0 Å². The predicted octanol–water partition coefficient (Wildman–Crippen LogP) is 6.40. The smallest absolute Gasteiger partial charge is 0.0501 e. The topological polar surface area (TPSA) is 0 Å². The number of rotatable bonds is 3. The molecule has 1 saturated carbocycles. The summed E-state index contributed by atoms with van der Waals surface area (Å²) in [5.41, 5.74) is 14.0. The van der Waals surface area contributed by atoms with Crippen LogP contribution in [0.1, 0.15) is 72.1 Å². The van der Waals surface area contributed by atoms with Crippen molar-refractivity contribution in [2.75, 3.05) is 0 Å². The van der Waals surface area contributed by atoms with E-state index >= 15 is 0 Å². The molecule has 0 bridgehead atoms. The molecule has 0 radical (unpaired) electrons. The van der Waals surface area contributed by atoms with E-state index in [0.717, 1.165) is 12.8 Å². The van der Waals surface area contributed by atoms with Gasteiger partial charge in [0.2, 0.25) is 0 Å². The Kier molecular flexibility index (Phi) is 13.6. The molecule has 0 saturated heterocycles. The van der Waals surface area contributed by atoms with Crippen molar-refractivity contribution in [3.63, 3.8) is 0 Å². The van der Waals surface area contributed by atoms with Gasteiger partial charge in [-0.05, 0) is 34.7 Å². The van der Waals surface area contributed by atoms with Crippen molar-refractivity contribution in [2.24, 2.45) is 40.4 Å². The van der Waals surface area contributed by atoms with E-state index in [1.807, 2.05) is 6.07 Å². The zero-order valence-corrected chi connectivity index (χ0v) is 35.7. The van der Waals surface area contributed by atoms with E-state index in [0.29, 0.717) is 29.6 Å². The Morgan fingerprint density at radius 3 is 2.14 bits per heavy atom. The van der Waals surface area contributed by atoms with Gasteiger partial charge in [-0.25, -0.2) is 17.3 Å². The average molecular weight is 799 g/mol. The van der Waals surface area contributed by atoms with Crippen LogP contribution in [0.5, 0.6) is 0 Å². The van der Waals surface area contributed by atoms with E-state index in [9.17, 15) is 0 Å². The summed E-state index contributed by atoms with van der Waals surface area (Å²) in [5, 5.41) is 4.26. The summed E-state index contributed by atoms with van der Waals surface area (Å²) < 4.78 is 2.25. The minimum absolute atomic E-state index is 0. The third kappa shape index (κ3) is 6.89. The molecule has 1 aromatic heterocycles. The van der Waals surface area contributed by atoms with Crippen molar-refractivity contribution in [3.05, 3.63) is 147 Å². The van der Waals surface area contributed by atoms with Crippen LogP contribution >= 0.6 is 11.3 Å². The average Bonchev–Trinajstić information content (AvgIpc) is 3.89. The molecule has 262 valence electrons. The molecule has 0 nitrogen and oxygen atoms in total. The molecular weight excluding hydrogens is 747 g/mol. The van der Waals surface area contributed by atoms with Crippen LogP contribution in [0, 0.1) is 46.3 Å². The van der Waals surface area contributed by atoms with Crippen LogP contribution in [-0.2, 0) is 37.1 Å². The Morgan fingerprint density at radius 1 is 0.840 bits per heavy atom. The van der Waals surface area contributed by atoms with Gasteiger partial charge in [0.1, 0.15) is 0 Å². The number of halogens is 2. The maximum absolute atomic E-state index is 2.63. The Labute approximate surface area is 334 Å². The van der Waals surface area contributed by atoms with Gasteiger partial charge in [-0.1, -0.05) is 130 Å². The minimum atomic E-state index is 0. The first kappa shape index (κ1) is 40.7. The molecule has 1 fully saturated rings. The van der Waals surface area contributed by atoms with Crippen LogP contribution in [0.25, 0.3) is 16.7 Å². The third-order valence-electron chi connectivity index (χ3n) is 13.2. The first-order valence-electron chi connectivity index (χ1n) is 17.9. The van der Waals surface area contributed by atoms with E-state index < -0.39 is 0 Å². The largest absolute Gasteiger partial charge is 0.201 e. The summed E-state index contributed by atoms with van der Waals surface area (Å²) in [7, 11) is 0. The fourth-order valence-electron chi connectivity index (χ4n) is 9.56. The molecule has 1 heterocycles. The Bertz CT molecular complexity index is 1780. The summed E-state index contributed by atoms with van der Waals surface area (Å²) in [5.74, 6) is 4.93. The second kappa shape index (κ2) is 16.7. The summed E-state index contributed by atoms with van der Waals surface area (Å²) in [6.45, 7) is 20.2. The number of hydrogen-bond donors (Lipinski definition) is 0. The molecule has 50 heavy (non-hydrogen) atoms. The summed E-state index contributed by atoms with van der Waals surface area (Å²) in [4.78, 5) is 0.